The van der Waals surface area contributed by atoms with Crippen LogP contribution in [0, 0.1) is 0 Å². The summed E-state index contributed by atoms with van der Waals surface area (Å²) in [7, 11) is 0. The Balaban J connectivity index is 0.000000626. The minimum Gasteiger partial charge on any atom is -0.483 e. The average molecular weight is 416 g/mol. The van der Waals surface area contributed by atoms with Crippen LogP contribution in [0.15, 0.2) is 0 Å². The van der Waals surface area contributed by atoms with Crippen molar-refractivity contribution in [2.24, 2.45) is 0 Å². The molecule has 1 amide bonds. The molecule has 0 aromatic rings. The van der Waals surface area contributed by atoms with E-state index in [1.54, 1.807) is 0 Å². The maximum absolute atomic E-state index is 12.2. The molecule has 2 aliphatic heterocycles. The number of hydrogen-bond acceptors (Lipinski definition) is 6. The Kier molecular flexibility index (Phi) is 13.3. The third-order valence-electron chi connectivity index (χ3n) is 5.91. The molecule has 0 unspecified atom stereocenters. The molecule has 2 saturated heterocycles. The van der Waals surface area contributed by atoms with Gasteiger partial charge in [-0.2, -0.15) is 0 Å². The summed E-state index contributed by atoms with van der Waals surface area (Å²) in [6.45, 7) is 7.55. The number of rotatable bonds is 7. The van der Waals surface area contributed by atoms with Crippen LogP contribution in [-0.4, -0.2) is 96.9 Å². The standard InChI is InChI=1S/C18H33N3O2.2CH2O2/c22-17(6-5-9-20-12-14-23-15-13-20)19-16-18(7-1-2-8-18)21-10-3-4-11-21;2*2-1-3/h1-16H2,(H,19,22);2*1H,(H,2,3). The summed E-state index contributed by atoms with van der Waals surface area (Å²) in [5, 5.41) is 17.0. The number of carbonyl (C=O) groups is 3. The van der Waals surface area contributed by atoms with E-state index in [1.165, 1.54) is 51.6 Å². The van der Waals surface area contributed by atoms with E-state index in [0.717, 1.165) is 45.8 Å². The molecule has 9 heteroatoms. The zero-order valence-corrected chi connectivity index (χ0v) is 17.4. The Morgan fingerprint density at radius 2 is 1.52 bits per heavy atom. The summed E-state index contributed by atoms with van der Waals surface area (Å²) in [4.78, 5) is 34.0. The second kappa shape index (κ2) is 15.2. The van der Waals surface area contributed by atoms with Gasteiger partial charge in [0.15, 0.2) is 0 Å². The molecule has 3 rings (SSSR count). The van der Waals surface area contributed by atoms with Gasteiger partial charge in [0.05, 0.1) is 13.2 Å². The lowest BCUT2D eigenvalue weighted by atomic mass is 9.95. The van der Waals surface area contributed by atoms with Gasteiger partial charge in [0, 0.05) is 31.6 Å². The van der Waals surface area contributed by atoms with E-state index in [4.69, 9.17) is 24.5 Å². The summed E-state index contributed by atoms with van der Waals surface area (Å²) >= 11 is 0. The average Bonchev–Trinajstić information content (AvgIpc) is 3.41. The largest absolute Gasteiger partial charge is 0.483 e. The molecular formula is C20H37N3O6. The normalized spacial score (nSPS) is 21.2. The Hall–Kier alpha value is -1.71. The molecule has 3 N–H and O–H groups in total. The van der Waals surface area contributed by atoms with Crippen molar-refractivity contribution in [1.29, 1.82) is 0 Å². The van der Waals surface area contributed by atoms with Gasteiger partial charge in [0.25, 0.3) is 12.9 Å². The second-order valence-corrected chi connectivity index (χ2v) is 7.67. The molecule has 1 saturated carbocycles. The first-order valence-corrected chi connectivity index (χ1v) is 10.6. The van der Waals surface area contributed by atoms with Crippen LogP contribution in [0.3, 0.4) is 0 Å². The predicted molar refractivity (Wildman–Crippen MR) is 109 cm³/mol. The lowest BCUT2D eigenvalue weighted by molar-refractivity contribution is -0.123. The van der Waals surface area contributed by atoms with Crippen LogP contribution in [0.2, 0.25) is 0 Å². The van der Waals surface area contributed by atoms with E-state index in [2.05, 4.69) is 15.1 Å². The van der Waals surface area contributed by atoms with Crippen LogP contribution in [0.5, 0.6) is 0 Å². The fourth-order valence-electron chi connectivity index (χ4n) is 4.47. The molecule has 0 atom stereocenters. The molecule has 0 radical (unpaired) electrons. The van der Waals surface area contributed by atoms with E-state index in [1.807, 2.05) is 0 Å². The van der Waals surface area contributed by atoms with Crippen LogP contribution in [0.1, 0.15) is 51.4 Å². The van der Waals surface area contributed by atoms with Crippen LogP contribution < -0.4 is 5.32 Å². The SMILES string of the molecule is O=C(CCCN1CCOCC1)NCC1(N2CCCC2)CCCC1.O=CO.O=CO. The van der Waals surface area contributed by atoms with Gasteiger partial charge in [-0.15, -0.1) is 0 Å². The van der Waals surface area contributed by atoms with Crippen molar-refractivity contribution in [3.8, 4) is 0 Å². The maximum Gasteiger partial charge on any atom is 0.290 e. The van der Waals surface area contributed by atoms with Crippen molar-refractivity contribution in [3.05, 3.63) is 0 Å². The van der Waals surface area contributed by atoms with Gasteiger partial charge in [-0.25, -0.2) is 0 Å². The maximum atomic E-state index is 12.2. The minimum atomic E-state index is -0.250. The summed E-state index contributed by atoms with van der Waals surface area (Å²) in [5.41, 5.74) is 0.274. The van der Waals surface area contributed by atoms with E-state index in [-0.39, 0.29) is 24.4 Å². The van der Waals surface area contributed by atoms with Gasteiger partial charge >= 0.3 is 0 Å². The molecule has 9 nitrogen and oxygen atoms in total. The molecular weight excluding hydrogens is 378 g/mol. The first-order chi connectivity index (χ1) is 14.1. The number of carboxylic acid groups (broad SMARTS) is 2. The first kappa shape index (κ1) is 25.3. The zero-order valence-electron chi connectivity index (χ0n) is 17.4. The van der Waals surface area contributed by atoms with Crippen molar-refractivity contribution in [1.82, 2.24) is 15.1 Å². The van der Waals surface area contributed by atoms with E-state index in [0.29, 0.717) is 6.42 Å². The molecule has 0 aromatic carbocycles. The Bertz CT molecular complexity index is 453. The third-order valence-corrected chi connectivity index (χ3v) is 5.91. The van der Waals surface area contributed by atoms with Crippen molar-refractivity contribution < 1.29 is 29.3 Å². The predicted octanol–water partition coefficient (Wildman–Crippen LogP) is 1.03. The number of carbonyl (C=O) groups excluding carboxylic acids is 1. The molecule has 0 spiro atoms. The number of amides is 1. The number of hydrogen-bond donors (Lipinski definition) is 3. The molecule has 1 aliphatic carbocycles. The highest BCUT2D eigenvalue weighted by Crippen LogP contribution is 2.36. The monoisotopic (exact) mass is 415 g/mol. The number of morpholine rings is 1. The van der Waals surface area contributed by atoms with E-state index in [9.17, 15) is 4.79 Å². The van der Waals surface area contributed by atoms with Crippen LogP contribution >= 0.6 is 0 Å². The fourth-order valence-corrected chi connectivity index (χ4v) is 4.47. The van der Waals surface area contributed by atoms with E-state index < -0.39 is 0 Å². The van der Waals surface area contributed by atoms with E-state index >= 15 is 0 Å². The number of nitrogens with zero attached hydrogens (tertiary/aromatic N) is 2. The van der Waals surface area contributed by atoms with Gasteiger partial charge in [-0.1, -0.05) is 12.8 Å². The highest BCUT2D eigenvalue weighted by atomic mass is 16.5. The van der Waals surface area contributed by atoms with Gasteiger partial charge < -0.3 is 20.3 Å². The molecule has 29 heavy (non-hydrogen) atoms. The number of nitrogens with one attached hydrogen (secondary N) is 1. The topological polar surface area (TPSA) is 119 Å². The highest BCUT2D eigenvalue weighted by molar-refractivity contribution is 5.75. The summed E-state index contributed by atoms with van der Waals surface area (Å²) in [5.74, 6) is 0.240. The van der Waals surface area contributed by atoms with Gasteiger partial charge in [0.2, 0.25) is 5.91 Å². The number of ether oxygens (including phenoxy) is 1. The fraction of sp³-hybridized carbons (Fsp3) is 0.850. The molecule has 3 fully saturated rings. The smallest absolute Gasteiger partial charge is 0.290 e. The van der Waals surface area contributed by atoms with Crippen molar-refractivity contribution in [2.45, 2.75) is 56.9 Å². The van der Waals surface area contributed by atoms with Crippen molar-refractivity contribution >= 4 is 18.9 Å². The molecule has 168 valence electrons. The third kappa shape index (κ3) is 9.56. The molecule has 0 bridgehead atoms. The minimum absolute atomic E-state index is 0.240. The second-order valence-electron chi connectivity index (χ2n) is 7.67. The van der Waals surface area contributed by atoms with Gasteiger partial charge in [-0.3, -0.25) is 24.2 Å². The van der Waals surface area contributed by atoms with Crippen molar-refractivity contribution in [3.63, 3.8) is 0 Å². The Morgan fingerprint density at radius 3 is 2.07 bits per heavy atom. The molecule has 2 heterocycles. The summed E-state index contributed by atoms with van der Waals surface area (Å²) < 4.78 is 5.36. The van der Waals surface area contributed by atoms with Gasteiger partial charge in [-0.05, 0) is 51.7 Å². The van der Waals surface area contributed by atoms with Crippen LogP contribution in [-0.2, 0) is 19.1 Å². The summed E-state index contributed by atoms with van der Waals surface area (Å²) in [6.07, 6.45) is 9.45. The molecule has 3 aliphatic rings. The highest BCUT2D eigenvalue weighted by Gasteiger charge is 2.40. The molecule has 0 aromatic heterocycles. The Labute approximate surface area is 173 Å². The number of likely N-dealkylation sites (tertiary alicyclic amines) is 1. The quantitative estimate of drug-likeness (QED) is 0.528. The van der Waals surface area contributed by atoms with Crippen molar-refractivity contribution in [2.75, 3.05) is 52.5 Å². The Morgan fingerprint density at radius 1 is 0.966 bits per heavy atom. The van der Waals surface area contributed by atoms with Gasteiger partial charge in [0.1, 0.15) is 0 Å². The van der Waals surface area contributed by atoms with Crippen LogP contribution in [0.4, 0.5) is 0 Å². The summed E-state index contributed by atoms with van der Waals surface area (Å²) in [6, 6.07) is 0. The lowest BCUT2D eigenvalue weighted by Gasteiger charge is -2.39. The lowest BCUT2D eigenvalue weighted by Crippen LogP contribution is -2.53. The zero-order chi connectivity index (χ0) is 21.4. The van der Waals surface area contributed by atoms with Crippen LogP contribution in [0.25, 0.3) is 0 Å². The first-order valence-electron chi connectivity index (χ1n) is 10.6.